The van der Waals surface area contributed by atoms with Crippen molar-refractivity contribution in [1.82, 2.24) is 0 Å². The minimum atomic E-state index is -0.962. The van der Waals surface area contributed by atoms with Crippen molar-refractivity contribution in [2.75, 3.05) is 0 Å². The fourth-order valence-electron chi connectivity index (χ4n) is 3.05. The highest BCUT2D eigenvalue weighted by atomic mass is 32.2. The largest absolute Gasteiger partial charge is 0.449 e. The van der Waals surface area contributed by atoms with E-state index in [2.05, 4.69) is 0 Å². The number of hydrogen-bond acceptors (Lipinski definition) is 9. The molecule has 11 heteroatoms. The number of nitro benzene ring substituents is 2. The molecule has 0 spiro atoms. The molecule has 0 amide bonds. The Morgan fingerprint density at radius 2 is 1.00 bits per heavy atom. The third-order valence-electron chi connectivity index (χ3n) is 4.09. The normalized spacial score (nSPS) is 17.2. The molecule has 0 saturated heterocycles. The van der Waals surface area contributed by atoms with Gasteiger partial charge in [-0.1, -0.05) is 11.8 Å². The molecule has 0 atom stereocenters. The van der Waals surface area contributed by atoms with Gasteiger partial charge in [0.1, 0.15) is 0 Å². The van der Waals surface area contributed by atoms with Crippen molar-refractivity contribution in [1.29, 1.82) is 0 Å². The molecule has 0 aromatic heterocycles. The van der Waals surface area contributed by atoms with Crippen LogP contribution in [0.4, 0.5) is 11.4 Å². The van der Waals surface area contributed by atoms with E-state index in [0.717, 1.165) is 11.8 Å². The Morgan fingerprint density at radius 3 is 1.31 bits per heavy atom. The fraction of sp³-hybridized carbons (Fsp3) is 0.333. The lowest BCUT2D eigenvalue weighted by molar-refractivity contribution is -0.388. The van der Waals surface area contributed by atoms with Crippen LogP contribution >= 0.6 is 11.8 Å². The third kappa shape index (κ3) is 3.48. The molecular weight excluding hydrogens is 404 g/mol. The van der Waals surface area contributed by atoms with E-state index in [9.17, 15) is 20.2 Å². The molecule has 0 N–H and O–H groups in total. The summed E-state index contributed by atoms with van der Waals surface area (Å²) in [5.41, 5.74) is -0.496. The van der Waals surface area contributed by atoms with E-state index in [1.54, 1.807) is 27.7 Å². The highest BCUT2D eigenvalue weighted by Gasteiger charge is 2.37. The second-order valence-corrected chi connectivity index (χ2v) is 8.44. The van der Waals surface area contributed by atoms with Crippen molar-refractivity contribution in [3.63, 3.8) is 0 Å². The van der Waals surface area contributed by atoms with Crippen LogP contribution in [0.25, 0.3) is 0 Å². The SMILES string of the molecule is CC1(C)Oc2cc(Sc3cc4c(cc3[N+](=O)[O-])OC(C)(C)O4)c([N+](=O)[O-])cc2O1. The van der Waals surface area contributed by atoms with Crippen molar-refractivity contribution in [2.45, 2.75) is 49.1 Å². The Hall–Kier alpha value is -3.21. The second-order valence-electron chi connectivity index (χ2n) is 7.36. The molecule has 0 bridgehead atoms. The number of nitro groups is 2. The van der Waals surface area contributed by atoms with Crippen LogP contribution in [0, 0.1) is 20.2 Å². The van der Waals surface area contributed by atoms with Gasteiger partial charge in [-0.15, -0.1) is 0 Å². The molecule has 4 rings (SSSR count). The first-order valence-electron chi connectivity index (χ1n) is 8.53. The number of fused-ring (bicyclic) bond motifs is 2. The minimum Gasteiger partial charge on any atom is -0.449 e. The van der Waals surface area contributed by atoms with E-state index < -0.39 is 21.4 Å². The Labute approximate surface area is 169 Å². The van der Waals surface area contributed by atoms with E-state index >= 15 is 0 Å². The average Bonchev–Trinajstić information content (AvgIpc) is 3.04. The van der Waals surface area contributed by atoms with Gasteiger partial charge < -0.3 is 18.9 Å². The molecule has 0 radical (unpaired) electrons. The number of rotatable bonds is 4. The van der Waals surface area contributed by atoms with Gasteiger partial charge in [0.2, 0.25) is 11.6 Å². The Morgan fingerprint density at radius 1 is 0.690 bits per heavy atom. The molecule has 0 saturated carbocycles. The van der Waals surface area contributed by atoms with Crippen LogP contribution in [0.2, 0.25) is 0 Å². The number of hydrogen-bond donors (Lipinski definition) is 0. The zero-order valence-electron chi connectivity index (χ0n) is 15.9. The van der Waals surface area contributed by atoms with Crippen LogP contribution in [-0.2, 0) is 0 Å². The fourth-order valence-corrected chi connectivity index (χ4v) is 4.09. The highest BCUT2D eigenvalue weighted by Crippen LogP contribution is 2.51. The zero-order valence-corrected chi connectivity index (χ0v) is 16.7. The van der Waals surface area contributed by atoms with Gasteiger partial charge in [0, 0.05) is 39.8 Å². The van der Waals surface area contributed by atoms with Crippen molar-refractivity contribution in [3.05, 3.63) is 44.5 Å². The third-order valence-corrected chi connectivity index (χ3v) is 5.18. The molecule has 2 aromatic rings. The first kappa shape index (κ1) is 19.1. The van der Waals surface area contributed by atoms with Crippen molar-refractivity contribution < 1.29 is 28.8 Å². The van der Waals surface area contributed by atoms with Gasteiger partial charge in [-0.25, -0.2) is 0 Å². The van der Waals surface area contributed by atoms with Crippen molar-refractivity contribution in [3.8, 4) is 23.0 Å². The van der Waals surface area contributed by atoms with E-state index in [-0.39, 0.29) is 32.7 Å². The molecule has 2 aliphatic rings. The standard InChI is InChI=1S/C18H16N2O8S/c1-17(2)25-11-5-9(19(21)22)15(7-13(11)27-17)29-16-8-14-12(6-10(16)20(23)24)26-18(3,4)28-14/h5-8H,1-4H3. The van der Waals surface area contributed by atoms with E-state index in [1.165, 1.54) is 24.3 Å². The summed E-state index contributed by atoms with van der Waals surface area (Å²) in [6.07, 6.45) is 0. The van der Waals surface area contributed by atoms with Crippen LogP contribution in [0.5, 0.6) is 23.0 Å². The smallest absolute Gasteiger partial charge is 0.287 e. The van der Waals surface area contributed by atoms with Crippen molar-refractivity contribution >= 4 is 23.1 Å². The van der Waals surface area contributed by atoms with Crippen LogP contribution in [-0.4, -0.2) is 21.4 Å². The van der Waals surface area contributed by atoms with Crippen LogP contribution < -0.4 is 18.9 Å². The van der Waals surface area contributed by atoms with Crippen LogP contribution in [0.15, 0.2) is 34.1 Å². The molecule has 10 nitrogen and oxygen atoms in total. The predicted molar refractivity (Wildman–Crippen MR) is 101 cm³/mol. The predicted octanol–water partition coefficient (Wildman–Crippen LogP) is 4.67. The monoisotopic (exact) mass is 420 g/mol. The molecule has 0 unspecified atom stereocenters. The van der Waals surface area contributed by atoms with Gasteiger partial charge >= 0.3 is 0 Å². The molecule has 29 heavy (non-hydrogen) atoms. The molecule has 152 valence electrons. The summed E-state index contributed by atoms with van der Waals surface area (Å²) in [7, 11) is 0. The van der Waals surface area contributed by atoms with E-state index in [0.29, 0.717) is 11.5 Å². The van der Waals surface area contributed by atoms with Gasteiger partial charge in [-0.05, 0) is 0 Å². The Balaban J connectivity index is 1.79. The molecule has 0 aliphatic carbocycles. The molecule has 2 aliphatic heterocycles. The maximum Gasteiger partial charge on any atom is 0.287 e. The second kappa shape index (κ2) is 6.14. The summed E-state index contributed by atoms with van der Waals surface area (Å²) in [6.45, 7) is 6.71. The topological polar surface area (TPSA) is 123 Å². The highest BCUT2D eigenvalue weighted by molar-refractivity contribution is 7.99. The van der Waals surface area contributed by atoms with Gasteiger partial charge in [0.15, 0.2) is 23.0 Å². The van der Waals surface area contributed by atoms with Crippen LogP contribution in [0.3, 0.4) is 0 Å². The van der Waals surface area contributed by atoms with Gasteiger partial charge in [0.05, 0.1) is 31.8 Å². The van der Waals surface area contributed by atoms with E-state index in [1.807, 2.05) is 0 Å². The number of ether oxygens (including phenoxy) is 4. The number of benzene rings is 2. The maximum atomic E-state index is 11.6. The lowest BCUT2D eigenvalue weighted by Gasteiger charge is -2.16. The summed E-state index contributed by atoms with van der Waals surface area (Å²) >= 11 is 0.875. The Kier molecular flexibility index (Phi) is 4.05. The summed E-state index contributed by atoms with van der Waals surface area (Å²) < 4.78 is 22.4. The van der Waals surface area contributed by atoms with E-state index in [4.69, 9.17) is 18.9 Å². The first-order valence-corrected chi connectivity index (χ1v) is 9.34. The van der Waals surface area contributed by atoms with Gasteiger partial charge in [-0.3, -0.25) is 20.2 Å². The summed E-state index contributed by atoms with van der Waals surface area (Å²) in [5.74, 6) is -0.785. The summed E-state index contributed by atoms with van der Waals surface area (Å²) in [5, 5.41) is 23.2. The average molecular weight is 420 g/mol. The maximum absolute atomic E-state index is 11.6. The van der Waals surface area contributed by atoms with Crippen molar-refractivity contribution in [2.24, 2.45) is 0 Å². The quantitative estimate of drug-likeness (QED) is 0.512. The first-order chi connectivity index (χ1) is 13.4. The molecule has 2 heterocycles. The zero-order chi connectivity index (χ0) is 21.1. The molecule has 2 aromatic carbocycles. The minimum absolute atomic E-state index is 0.177. The molecular formula is C18H16N2O8S. The van der Waals surface area contributed by atoms with Gasteiger partial charge in [0.25, 0.3) is 11.4 Å². The van der Waals surface area contributed by atoms with Crippen LogP contribution in [0.1, 0.15) is 27.7 Å². The summed E-state index contributed by atoms with van der Waals surface area (Å²) in [4.78, 5) is 22.4. The van der Waals surface area contributed by atoms with Gasteiger partial charge in [-0.2, -0.15) is 0 Å². The number of nitrogens with zero attached hydrogens (tertiary/aromatic N) is 2. The lowest BCUT2D eigenvalue weighted by atomic mass is 10.3. The summed E-state index contributed by atoms with van der Waals surface area (Å²) in [6, 6.07) is 5.42. The molecule has 0 fully saturated rings. The lowest BCUT2D eigenvalue weighted by Crippen LogP contribution is -2.29. The Bertz CT molecular complexity index is 983.